The highest BCUT2D eigenvalue weighted by molar-refractivity contribution is 7.33. The fourth-order valence-electron chi connectivity index (χ4n) is 3.21. The zero-order valence-corrected chi connectivity index (χ0v) is 19.2. The largest absolute Gasteiger partial charge is 0.854 e. The van der Waals surface area contributed by atoms with Crippen LogP contribution in [0.15, 0.2) is 128 Å². The normalized spacial score (nSPS) is 9.88. The predicted octanol–water partition coefficient (Wildman–Crippen LogP) is 2.26. The van der Waals surface area contributed by atoms with Crippen molar-refractivity contribution < 1.29 is 29.6 Å². The van der Waals surface area contributed by atoms with Crippen LogP contribution in [0.5, 0.6) is 0 Å². The summed E-state index contributed by atoms with van der Waals surface area (Å²) < 4.78 is 0. The van der Waals surface area contributed by atoms with Crippen LogP contribution in [0.25, 0.3) is 32.3 Å². The fraction of sp³-hybridized carbons (Fsp3) is 0. The van der Waals surface area contributed by atoms with Crippen LogP contribution < -0.4 is 29.6 Å². The maximum atomic E-state index is 8.48. The number of aromatic amines is 3. The quantitative estimate of drug-likeness (QED) is 0.318. The minimum atomic E-state index is -3.37. The number of nitrogens with one attached hydrogen (secondary N) is 3. The van der Waals surface area contributed by atoms with Crippen LogP contribution in [0.3, 0.4) is 0 Å². The van der Waals surface area contributed by atoms with Gasteiger partial charge < -0.3 is 23.3 Å². The predicted molar refractivity (Wildman–Crippen MR) is 128 cm³/mol. The van der Waals surface area contributed by atoms with Crippen LogP contribution in [-0.2, 0) is 0 Å². The monoisotopic (exact) mass is 469 g/mol. The fourth-order valence-corrected chi connectivity index (χ4v) is 3.21. The molecule has 0 unspecified atom stereocenters. The lowest BCUT2D eigenvalue weighted by molar-refractivity contribution is -0.407. The Hall–Kier alpha value is -3.80. The third-order valence-electron chi connectivity index (χ3n) is 4.78. The molecular weight excluding hydrogens is 445 g/mol. The SMILES string of the molecule is [O-]P([O-])[O-].c1ccc2c[nH+]ccc2c1.c1ccc2c[nH+]ccc2c1.c1ccc2c[nH+]ccc2c1. The van der Waals surface area contributed by atoms with E-state index >= 15 is 0 Å². The summed E-state index contributed by atoms with van der Waals surface area (Å²) in [6.45, 7) is 0. The maximum Gasteiger partial charge on any atom is 0.174 e. The molecule has 0 aliphatic heterocycles. The van der Waals surface area contributed by atoms with Gasteiger partial charge in [-0.1, -0.05) is 54.6 Å². The molecule has 0 aliphatic rings. The van der Waals surface area contributed by atoms with Gasteiger partial charge in [0.25, 0.3) is 0 Å². The average molecular weight is 469 g/mol. The topological polar surface area (TPSA) is 112 Å². The zero-order valence-electron chi connectivity index (χ0n) is 18.3. The van der Waals surface area contributed by atoms with E-state index in [0.29, 0.717) is 0 Å². The second-order valence-electron chi connectivity index (χ2n) is 7.04. The number of aromatic nitrogens is 3. The van der Waals surface area contributed by atoms with E-state index in [4.69, 9.17) is 14.7 Å². The first-order chi connectivity index (χ1) is 16.6. The summed E-state index contributed by atoms with van der Waals surface area (Å²) in [6.07, 6.45) is 11.8. The van der Waals surface area contributed by atoms with E-state index in [1.54, 1.807) is 0 Å². The molecule has 0 aliphatic carbocycles. The van der Waals surface area contributed by atoms with Crippen molar-refractivity contribution in [1.82, 2.24) is 0 Å². The van der Waals surface area contributed by atoms with Gasteiger partial charge in [0.05, 0.1) is 0 Å². The Morgan fingerprint density at radius 1 is 0.382 bits per heavy atom. The van der Waals surface area contributed by atoms with Gasteiger partial charge in [-0.3, -0.25) is 0 Å². The Balaban J connectivity index is 0.000000133. The van der Waals surface area contributed by atoms with E-state index in [2.05, 4.69) is 69.5 Å². The first kappa shape index (κ1) is 24.8. The molecule has 0 radical (unpaired) electrons. The maximum absolute atomic E-state index is 8.48. The van der Waals surface area contributed by atoms with Gasteiger partial charge in [0.15, 0.2) is 37.2 Å². The highest BCUT2D eigenvalue weighted by Gasteiger charge is 1.92. The summed E-state index contributed by atoms with van der Waals surface area (Å²) in [6, 6.07) is 31.0. The second-order valence-corrected chi connectivity index (χ2v) is 7.49. The standard InChI is InChI=1S/3C9H7N.O3P/c3*1-2-4-9-7-10-6-5-8(9)3-1;1-4(2)3/h3*1-7H;/q;;;-3/p+3. The Morgan fingerprint density at radius 3 is 0.853 bits per heavy atom. The first-order valence-corrected chi connectivity index (χ1v) is 11.6. The molecule has 0 atom stereocenters. The summed E-state index contributed by atoms with van der Waals surface area (Å²) in [4.78, 5) is 34.6. The molecule has 6 aromatic rings. The molecule has 0 amide bonds. The number of fused-ring (bicyclic) bond motifs is 3. The summed E-state index contributed by atoms with van der Waals surface area (Å²) >= 11 is 0. The smallest absolute Gasteiger partial charge is 0.174 e. The highest BCUT2D eigenvalue weighted by atomic mass is 31.2. The van der Waals surface area contributed by atoms with Crippen molar-refractivity contribution in [2.45, 2.75) is 0 Å². The Kier molecular flexibility index (Phi) is 9.99. The van der Waals surface area contributed by atoms with Crippen molar-refractivity contribution in [3.63, 3.8) is 0 Å². The minimum absolute atomic E-state index is 1.25. The van der Waals surface area contributed by atoms with Crippen LogP contribution in [0.1, 0.15) is 0 Å². The first-order valence-electron chi connectivity index (χ1n) is 10.5. The van der Waals surface area contributed by atoms with Crippen molar-refractivity contribution in [3.8, 4) is 0 Å². The Morgan fingerprint density at radius 2 is 0.618 bits per heavy atom. The molecule has 170 valence electrons. The van der Waals surface area contributed by atoms with Gasteiger partial charge in [0, 0.05) is 34.4 Å². The van der Waals surface area contributed by atoms with E-state index in [1.165, 1.54) is 32.3 Å². The molecule has 0 saturated carbocycles. The number of hydrogen-bond donors (Lipinski definition) is 0. The lowest BCUT2D eigenvalue weighted by atomic mass is 10.2. The van der Waals surface area contributed by atoms with Crippen LogP contribution in [-0.4, -0.2) is 0 Å². The molecule has 34 heavy (non-hydrogen) atoms. The summed E-state index contributed by atoms with van der Waals surface area (Å²) in [5.41, 5.74) is 0. The van der Waals surface area contributed by atoms with Crippen molar-refractivity contribution in [2.75, 3.05) is 0 Å². The zero-order chi connectivity index (χ0) is 24.0. The molecule has 0 bridgehead atoms. The van der Waals surface area contributed by atoms with E-state index in [0.717, 1.165) is 0 Å². The molecular formula is C27H24N3O3P. The average Bonchev–Trinajstić information content (AvgIpc) is 2.89. The Bertz CT molecular complexity index is 1060. The lowest BCUT2D eigenvalue weighted by Gasteiger charge is -2.39. The van der Waals surface area contributed by atoms with Gasteiger partial charge in [-0.2, -0.15) is 0 Å². The molecule has 0 saturated heterocycles. The molecule has 0 spiro atoms. The van der Waals surface area contributed by atoms with Crippen LogP contribution in [0.4, 0.5) is 0 Å². The second kappa shape index (κ2) is 13.7. The summed E-state index contributed by atoms with van der Waals surface area (Å²) in [5.74, 6) is 0. The van der Waals surface area contributed by atoms with Gasteiger partial charge in [0.1, 0.15) is 0 Å². The molecule has 3 N–H and O–H groups in total. The lowest BCUT2D eigenvalue weighted by Crippen LogP contribution is -2.18. The van der Waals surface area contributed by atoms with E-state index < -0.39 is 8.60 Å². The number of benzene rings is 3. The molecule has 6 nitrogen and oxygen atoms in total. The van der Waals surface area contributed by atoms with Crippen molar-refractivity contribution >= 4 is 40.9 Å². The third kappa shape index (κ3) is 8.28. The van der Waals surface area contributed by atoms with E-state index in [9.17, 15) is 0 Å². The number of pyridine rings is 3. The minimum Gasteiger partial charge on any atom is -0.854 e. The van der Waals surface area contributed by atoms with Crippen LogP contribution >= 0.6 is 8.60 Å². The van der Waals surface area contributed by atoms with Crippen LogP contribution in [0, 0.1) is 0 Å². The van der Waals surface area contributed by atoms with Gasteiger partial charge >= 0.3 is 0 Å². The number of H-pyrrole nitrogens is 3. The molecule has 7 heteroatoms. The van der Waals surface area contributed by atoms with E-state index in [1.807, 2.05) is 73.6 Å². The molecule has 3 heterocycles. The van der Waals surface area contributed by atoms with Gasteiger partial charge in [-0.05, 0) is 34.4 Å². The van der Waals surface area contributed by atoms with Crippen molar-refractivity contribution in [3.05, 3.63) is 128 Å². The van der Waals surface area contributed by atoms with Crippen LogP contribution in [0.2, 0.25) is 0 Å². The summed E-state index contributed by atoms with van der Waals surface area (Å²) in [5, 5.41) is 7.60. The summed E-state index contributed by atoms with van der Waals surface area (Å²) in [7, 11) is -3.37. The van der Waals surface area contributed by atoms with Gasteiger partial charge in [0.2, 0.25) is 0 Å². The van der Waals surface area contributed by atoms with Crippen molar-refractivity contribution in [1.29, 1.82) is 0 Å². The molecule has 3 aromatic heterocycles. The third-order valence-corrected chi connectivity index (χ3v) is 4.78. The van der Waals surface area contributed by atoms with Gasteiger partial charge in [-0.15, -0.1) is 0 Å². The molecule has 6 rings (SSSR count). The Labute approximate surface area is 198 Å². The molecule has 0 fully saturated rings. The number of hydrogen-bond acceptors (Lipinski definition) is 3. The van der Waals surface area contributed by atoms with E-state index in [-0.39, 0.29) is 0 Å². The molecule has 3 aromatic carbocycles. The highest BCUT2D eigenvalue weighted by Crippen LogP contribution is 2.09. The van der Waals surface area contributed by atoms with Crippen molar-refractivity contribution in [2.24, 2.45) is 0 Å². The number of rotatable bonds is 0. The van der Waals surface area contributed by atoms with Gasteiger partial charge in [-0.25, -0.2) is 15.0 Å².